The number of aliphatic hydroxyl groups is 5. The first kappa shape index (κ1) is 52.3. The molecule has 56 heavy (non-hydrogen) atoms. The lowest BCUT2D eigenvalue weighted by molar-refractivity contribution is -0.298. The summed E-state index contributed by atoms with van der Waals surface area (Å²) in [5.74, 6) is -0.718. The second-order valence-electron chi connectivity index (χ2n) is 15.1. The van der Waals surface area contributed by atoms with E-state index in [9.17, 15) is 38.7 Å². The van der Waals surface area contributed by atoms with Crippen molar-refractivity contribution >= 4 is 16.3 Å². The van der Waals surface area contributed by atoms with Crippen LogP contribution < -0.4 is 5.32 Å². The molecule has 0 saturated carbocycles. The second kappa shape index (κ2) is 33.1. The number of nitrogens with one attached hydrogen (secondary N) is 1. The van der Waals surface area contributed by atoms with Crippen molar-refractivity contribution in [3.05, 3.63) is 36.5 Å². The number of allylic oxidation sites excluding steroid dienone is 5. The summed E-state index contributed by atoms with van der Waals surface area (Å²) in [6.45, 7) is 3.14. The Morgan fingerprint density at radius 2 is 1.20 bits per heavy atom. The van der Waals surface area contributed by atoms with Gasteiger partial charge >= 0.3 is 10.4 Å². The van der Waals surface area contributed by atoms with Crippen LogP contribution in [0, 0.1) is 0 Å². The van der Waals surface area contributed by atoms with Gasteiger partial charge in [-0.1, -0.05) is 153 Å². The molecule has 8 atom stereocenters. The molecule has 14 heteroatoms. The molecule has 1 aliphatic rings. The monoisotopic (exact) mass is 820 g/mol. The van der Waals surface area contributed by atoms with Crippen molar-refractivity contribution < 1.29 is 57.0 Å². The Hall–Kier alpha value is -1.72. The Morgan fingerprint density at radius 1 is 0.714 bits per heavy atom. The zero-order chi connectivity index (χ0) is 41.4. The average Bonchev–Trinajstić information content (AvgIpc) is 3.16. The van der Waals surface area contributed by atoms with Gasteiger partial charge in [-0.3, -0.25) is 9.35 Å². The van der Waals surface area contributed by atoms with Crippen LogP contribution in [-0.2, 0) is 28.9 Å². The lowest BCUT2D eigenvalue weighted by Gasteiger charge is -2.41. The van der Waals surface area contributed by atoms with Crippen LogP contribution >= 0.6 is 0 Å². The maximum Gasteiger partial charge on any atom is 0.397 e. The van der Waals surface area contributed by atoms with E-state index in [2.05, 4.69) is 47.7 Å². The zero-order valence-corrected chi connectivity index (χ0v) is 35.1. The number of aliphatic hydroxyl groups excluding tert-OH is 5. The fourth-order valence-corrected chi connectivity index (χ4v) is 7.06. The van der Waals surface area contributed by atoms with E-state index in [0.29, 0.717) is 12.8 Å². The van der Waals surface area contributed by atoms with E-state index in [1.54, 1.807) is 6.08 Å². The van der Waals surface area contributed by atoms with Crippen LogP contribution in [0.25, 0.3) is 0 Å². The summed E-state index contributed by atoms with van der Waals surface area (Å²) < 4.78 is 47.4. The number of ether oxygens (including phenoxy) is 2. The molecular formula is C42H77NO12S. The molecule has 0 radical (unpaired) electrons. The molecule has 1 fully saturated rings. The molecule has 0 aromatic rings. The fraction of sp³-hybridized carbons (Fsp3) is 0.833. The predicted molar refractivity (Wildman–Crippen MR) is 219 cm³/mol. The van der Waals surface area contributed by atoms with Crippen LogP contribution in [-0.4, -0.2) is 107 Å². The third-order valence-corrected chi connectivity index (χ3v) is 10.5. The molecule has 0 spiro atoms. The SMILES string of the molecule is CCCCCC/C=C/CC/C=C/CC/C=C/C(O)C(COC1OC(CO)C(O)C(OS(=O)(=O)O)C1O)NC(=O)C(O)CCCCCCCCCCCCCCC. The van der Waals surface area contributed by atoms with Crippen LogP contribution in [0.15, 0.2) is 36.5 Å². The van der Waals surface area contributed by atoms with Crippen molar-refractivity contribution in [1.82, 2.24) is 5.32 Å². The number of hydrogen-bond donors (Lipinski definition) is 7. The molecule has 0 aromatic heterocycles. The number of carbonyl (C=O) groups excluding carboxylic acids is 1. The van der Waals surface area contributed by atoms with Gasteiger partial charge in [0.05, 0.1) is 25.4 Å². The van der Waals surface area contributed by atoms with Gasteiger partial charge in [-0.2, -0.15) is 8.42 Å². The lowest BCUT2D eigenvalue weighted by atomic mass is 9.99. The molecule has 0 aliphatic carbocycles. The average molecular weight is 820 g/mol. The van der Waals surface area contributed by atoms with Crippen molar-refractivity contribution in [2.24, 2.45) is 0 Å². The summed E-state index contributed by atoms with van der Waals surface area (Å²) in [7, 11) is -5.12. The molecule has 328 valence electrons. The molecule has 0 bridgehead atoms. The summed E-state index contributed by atoms with van der Waals surface area (Å²) >= 11 is 0. The Morgan fingerprint density at radius 3 is 1.71 bits per heavy atom. The van der Waals surface area contributed by atoms with Crippen LogP contribution in [0.2, 0.25) is 0 Å². The Labute approximate surface area is 337 Å². The van der Waals surface area contributed by atoms with Crippen LogP contribution in [0.5, 0.6) is 0 Å². The molecule has 8 unspecified atom stereocenters. The summed E-state index contributed by atoms with van der Waals surface area (Å²) in [5, 5.41) is 55.0. The fourth-order valence-electron chi connectivity index (χ4n) is 6.55. The van der Waals surface area contributed by atoms with Crippen molar-refractivity contribution in [3.63, 3.8) is 0 Å². The van der Waals surface area contributed by atoms with E-state index in [4.69, 9.17) is 14.0 Å². The van der Waals surface area contributed by atoms with Gasteiger partial charge in [0.2, 0.25) is 5.91 Å². The third-order valence-electron chi connectivity index (χ3n) is 10.0. The highest BCUT2D eigenvalue weighted by atomic mass is 32.3. The van der Waals surface area contributed by atoms with Crippen LogP contribution in [0.3, 0.4) is 0 Å². The highest BCUT2D eigenvalue weighted by molar-refractivity contribution is 7.80. The van der Waals surface area contributed by atoms with Crippen LogP contribution in [0.4, 0.5) is 0 Å². The minimum Gasteiger partial charge on any atom is -0.394 e. The number of carbonyl (C=O) groups is 1. The Kier molecular flexibility index (Phi) is 31.0. The summed E-state index contributed by atoms with van der Waals surface area (Å²) in [5.41, 5.74) is 0. The van der Waals surface area contributed by atoms with Gasteiger partial charge in [0.25, 0.3) is 0 Å². The van der Waals surface area contributed by atoms with Crippen molar-refractivity contribution in [2.75, 3.05) is 13.2 Å². The summed E-state index contributed by atoms with van der Waals surface area (Å²) in [4.78, 5) is 13.0. The molecule has 7 N–H and O–H groups in total. The topological polar surface area (TPSA) is 212 Å². The second-order valence-corrected chi connectivity index (χ2v) is 16.1. The molecule has 1 rings (SSSR count). The number of rotatable bonds is 35. The van der Waals surface area contributed by atoms with Crippen molar-refractivity contribution in [2.45, 2.75) is 210 Å². The highest BCUT2D eigenvalue weighted by Gasteiger charge is 2.48. The van der Waals surface area contributed by atoms with Gasteiger partial charge in [0.15, 0.2) is 6.29 Å². The van der Waals surface area contributed by atoms with Crippen molar-refractivity contribution in [3.8, 4) is 0 Å². The molecule has 1 amide bonds. The first-order valence-electron chi connectivity index (χ1n) is 21.5. The highest BCUT2D eigenvalue weighted by Crippen LogP contribution is 2.26. The molecule has 1 saturated heterocycles. The molecule has 1 aliphatic heterocycles. The maximum absolute atomic E-state index is 13.0. The maximum atomic E-state index is 13.0. The normalized spacial score (nSPS) is 22.3. The van der Waals surface area contributed by atoms with Gasteiger partial charge in [-0.25, -0.2) is 4.18 Å². The third kappa shape index (κ3) is 25.6. The van der Waals surface area contributed by atoms with Gasteiger partial charge in [-0.05, 0) is 44.9 Å². The standard InChI is InChI=1S/C42H77NO12S/c1-3-5-7-9-11-13-15-17-19-20-22-24-26-28-30-35(45)34(33-53-42-39(48)40(55-56(50,51)52)38(47)37(32-44)54-42)43-41(49)36(46)31-29-27-25-23-21-18-16-14-12-10-8-6-4-2/h13,15,20,22,28,30,34-40,42,44-48H,3-12,14,16-19,21,23-27,29,31-33H2,1-2H3,(H,43,49)(H,50,51,52)/b15-13+,22-20+,30-28+. The van der Waals surface area contributed by atoms with Gasteiger partial charge in [0, 0.05) is 0 Å². The first-order valence-corrected chi connectivity index (χ1v) is 22.8. The predicted octanol–water partition coefficient (Wildman–Crippen LogP) is 6.52. The number of unbranched alkanes of at least 4 members (excludes halogenated alkanes) is 18. The van der Waals surface area contributed by atoms with E-state index in [1.807, 2.05) is 0 Å². The van der Waals surface area contributed by atoms with Crippen LogP contribution in [0.1, 0.15) is 162 Å². The quantitative estimate of drug-likeness (QED) is 0.0207. The van der Waals surface area contributed by atoms with E-state index in [-0.39, 0.29) is 6.42 Å². The summed E-state index contributed by atoms with van der Waals surface area (Å²) in [6.07, 6.45) is 25.2. The molecular weight excluding hydrogens is 743 g/mol. The minimum absolute atomic E-state index is 0.235. The summed E-state index contributed by atoms with van der Waals surface area (Å²) in [6, 6.07) is -1.14. The van der Waals surface area contributed by atoms with Gasteiger partial charge < -0.3 is 40.3 Å². The molecule has 0 aromatic carbocycles. The Balaban J connectivity index is 2.69. The smallest absolute Gasteiger partial charge is 0.394 e. The van der Waals surface area contributed by atoms with E-state index in [0.717, 1.165) is 44.9 Å². The van der Waals surface area contributed by atoms with Crippen molar-refractivity contribution in [1.29, 1.82) is 0 Å². The largest absolute Gasteiger partial charge is 0.397 e. The number of hydrogen-bond acceptors (Lipinski definition) is 11. The lowest BCUT2D eigenvalue weighted by Crippen LogP contribution is -2.61. The Bertz CT molecular complexity index is 1170. The molecule has 1 heterocycles. The molecule has 13 nitrogen and oxygen atoms in total. The van der Waals surface area contributed by atoms with Gasteiger partial charge in [-0.15, -0.1) is 0 Å². The van der Waals surface area contributed by atoms with Gasteiger partial charge in [0.1, 0.15) is 30.5 Å². The van der Waals surface area contributed by atoms with E-state index < -0.39 is 78.5 Å². The first-order chi connectivity index (χ1) is 26.9. The minimum atomic E-state index is -5.12. The van der Waals surface area contributed by atoms with E-state index in [1.165, 1.54) is 89.5 Å². The number of amides is 1. The van der Waals surface area contributed by atoms with E-state index >= 15 is 0 Å². The zero-order valence-electron chi connectivity index (χ0n) is 34.3.